The summed E-state index contributed by atoms with van der Waals surface area (Å²) in [7, 11) is 0. The number of nitrogens with one attached hydrogen (secondary N) is 2. The lowest BCUT2D eigenvalue weighted by molar-refractivity contribution is 0.0603. The third-order valence-electron chi connectivity index (χ3n) is 5.13. The van der Waals surface area contributed by atoms with E-state index in [-0.39, 0.29) is 23.2 Å². The number of hydrogen-bond acceptors (Lipinski definition) is 4. The Morgan fingerprint density at radius 1 is 0.750 bits per heavy atom. The zero-order valence-electron chi connectivity index (χ0n) is 18.4. The molecule has 8 nitrogen and oxygen atoms in total. The second-order valence-electron chi connectivity index (χ2n) is 9.65. The lowest BCUT2D eigenvalue weighted by Gasteiger charge is -2.41. The highest BCUT2D eigenvalue weighted by molar-refractivity contribution is 5.67. The van der Waals surface area contributed by atoms with E-state index < -0.39 is 12.2 Å². The molecule has 0 aromatic heterocycles. The zero-order chi connectivity index (χ0) is 21.5. The molecule has 0 aromatic carbocycles. The van der Waals surface area contributed by atoms with Gasteiger partial charge < -0.3 is 20.8 Å². The summed E-state index contributed by atoms with van der Waals surface area (Å²) < 4.78 is 0. The Hall–Kier alpha value is -1.54. The topological polar surface area (TPSA) is 105 Å². The van der Waals surface area contributed by atoms with E-state index in [4.69, 9.17) is 10.2 Å². The van der Waals surface area contributed by atoms with Crippen molar-refractivity contribution in [3.8, 4) is 0 Å². The molecule has 2 atom stereocenters. The maximum Gasteiger partial charge on any atom is 0.408 e. The minimum Gasteiger partial charge on any atom is -0.465 e. The molecule has 1 unspecified atom stereocenters. The van der Waals surface area contributed by atoms with Gasteiger partial charge in [0, 0.05) is 36.3 Å². The molecule has 2 saturated heterocycles. The predicted molar refractivity (Wildman–Crippen MR) is 111 cm³/mol. The first-order valence-electron chi connectivity index (χ1n) is 10.3. The van der Waals surface area contributed by atoms with Crippen molar-refractivity contribution in [3.63, 3.8) is 0 Å². The molecule has 0 spiro atoms. The Labute approximate surface area is 169 Å². The molecule has 0 radical (unpaired) electrons. The molecule has 2 rings (SSSR count). The summed E-state index contributed by atoms with van der Waals surface area (Å²) >= 11 is 0. The van der Waals surface area contributed by atoms with E-state index in [1.807, 2.05) is 41.5 Å². The van der Waals surface area contributed by atoms with Crippen molar-refractivity contribution in [1.82, 2.24) is 20.4 Å². The molecule has 0 aromatic rings. The van der Waals surface area contributed by atoms with Crippen LogP contribution in [0.2, 0.25) is 0 Å². The van der Waals surface area contributed by atoms with Crippen molar-refractivity contribution in [1.29, 1.82) is 0 Å². The second kappa shape index (κ2) is 10.3. The van der Waals surface area contributed by atoms with Crippen molar-refractivity contribution >= 4 is 12.2 Å². The fourth-order valence-corrected chi connectivity index (χ4v) is 4.09. The van der Waals surface area contributed by atoms with Crippen LogP contribution in [0.3, 0.4) is 0 Å². The van der Waals surface area contributed by atoms with Crippen LogP contribution in [0.4, 0.5) is 9.59 Å². The van der Waals surface area contributed by atoms with Crippen LogP contribution in [0.5, 0.6) is 0 Å². The summed E-state index contributed by atoms with van der Waals surface area (Å²) in [5, 5.41) is 24.8. The van der Waals surface area contributed by atoms with Crippen LogP contribution in [0, 0.1) is 0 Å². The van der Waals surface area contributed by atoms with Gasteiger partial charge in [0.25, 0.3) is 0 Å². The highest BCUT2D eigenvalue weighted by atomic mass is 16.4. The molecule has 28 heavy (non-hydrogen) atoms. The van der Waals surface area contributed by atoms with Crippen LogP contribution < -0.4 is 10.6 Å². The molecular weight excluding hydrogens is 360 g/mol. The van der Waals surface area contributed by atoms with Crippen LogP contribution in [-0.4, -0.2) is 81.5 Å². The lowest BCUT2D eigenvalue weighted by atomic mass is 9.99. The number of amides is 2. The quantitative estimate of drug-likeness (QED) is 0.568. The highest BCUT2D eigenvalue weighted by Crippen LogP contribution is 2.22. The van der Waals surface area contributed by atoms with Gasteiger partial charge in [-0.3, -0.25) is 9.80 Å². The molecular formula is C20H40N4O4. The van der Waals surface area contributed by atoms with Gasteiger partial charge in [-0.15, -0.1) is 0 Å². The molecule has 4 N–H and O–H groups in total. The van der Waals surface area contributed by atoms with Crippen LogP contribution in [0.25, 0.3) is 0 Å². The molecule has 0 saturated carbocycles. The van der Waals surface area contributed by atoms with Gasteiger partial charge in [-0.25, -0.2) is 9.59 Å². The van der Waals surface area contributed by atoms with E-state index in [1.165, 1.54) is 0 Å². The van der Waals surface area contributed by atoms with Crippen LogP contribution in [0.1, 0.15) is 67.2 Å². The van der Waals surface area contributed by atoms with E-state index in [0.717, 1.165) is 51.9 Å². The van der Waals surface area contributed by atoms with Gasteiger partial charge in [0.05, 0.1) is 0 Å². The summed E-state index contributed by atoms with van der Waals surface area (Å²) in [5.41, 5.74) is -0.620. The molecule has 0 bridgehead atoms. The normalized spacial score (nSPS) is 23.2. The SMILES string of the molecule is CC(C)(C)N(C(=O)O)C1CCCNC1.CC(C)(C)N(C(=O)O)[C@@H]1CCCNC1. The van der Waals surface area contributed by atoms with Gasteiger partial charge in [0.2, 0.25) is 0 Å². The van der Waals surface area contributed by atoms with E-state index in [2.05, 4.69) is 10.6 Å². The smallest absolute Gasteiger partial charge is 0.408 e. The third-order valence-corrected chi connectivity index (χ3v) is 5.13. The standard InChI is InChI=1S/2C10H20N2O2/c2*1-10(2,3)12(9(13)14)8-5-4-6-11-7-8/h2*8,11H,4-7H2,1-3H3,(H,13,14)/t8-;/m1./s1. The lowest BCUT2D eigenvalue weighted by Crippen LogP contribution is -2.56. The van der Waals surface area contributed by atoms with Crippen LogP contribution in [0.15, 0.2) is 0 Å². The second-order valence-corrected chi connectivity index (χ2v) is 9.65. The average Bonchev–Trinajstić information content (AvgIpc) is 2.54. The first kappa shape index (κ1) is 24.5. The molecule has 164 valence electrons. The molecule has 2 aliphatic rings. The Kier molecular flexibility index (Phi) is 9.01. The van der Waals surface area contributed by atoms with Gasteiger partial charge in [0.15, 0.2) is 0 Å². The monoisotopic (exact) mass is 400 g/mol. The highest BCUT2D eigenvalue weighted by Gasteiger charge is 2.34. The van der Waals surface area contributed by atoms with Gasteiger partial charge >= 0.3 is 12.2 Å². The summed E-state index contributed by atoms with van der Waals surface area (Å²) in [6.07, 6.45) is 2.43. The minimum atomic E-state index is -0.814. The van der Waals surface area contributed by atoms with Gasteiger partial charge in [-0.2, -0.15) is 0 Å². The minimum absolute atomic E-state index is 0.126. The van der Waals surface area contributed by atoms with E-state index >= 15 is 0 Å². The summed E-state index contributed by atoms with van der Waals surface area (Å²) in [5.74, 6) is 0. The van der Waals surface area contributed by atoms with Gasteiger partial charge in [-0.05, 0) is 80.3 Å². The van der Waals surface area contributed by atoms with E-state index in [1.54, 1.807) is 9.80 Å². The van der Waals surface area contributed by atoms with Crippen molar-refractivity contribution in [3.05, 3.63) is 0 Å². The fourth-order valence-electron chi connectivity index (χ4n) is 4.09. The van der Waals surface area contributed by atoms with Crippen molar-refractivity contribution in [2.45, 2.75) is 90.4 Å². The van der Waals surface area contributed by atoms with Crippen molar-refractivity contribution in [2.75, 3.05) is 26.2 Å². The maximum atomic E-state index is 11.1. The summed E-state index contributed by atoms with van der Waals surface area (Å²) in [4.78, 5) is 25.4. The number of nitrogens with zero attached hydrogens (tertiary/aromatic N) is 2. The Balaban J connectivity index is 0.000000280. The maximum absolute atomic E-state index is 11.1. The molecule has 0 aliphatic carbocycles. The number of carboxylic acid groups (broad SMARTS) is 2. The molecule has 2 fully saturated rings. The van der Waals surface area contributed by atoms with Crippen molar-refractivity contribution < 1.29 is 19.8 Å². The predicted octanol–water partition coefficient (Wildman–Crippen LogP) is 3.03. The Bertz CT molecular complexity index is 455. The Morgan fingerprint density at radius 2 is 1.07 bits per heavy atom. The number of hydrogen-bond donors (Lipinski definition) is 4. The van der Waals surface area contributed by atoms with E-state index in [0.29, 0.717) is 0 Å². The average molecular weight is 401 g/mol. The summed E-state index contributed by atoms with van der Waals surface area (Å²) in [6, 6.07) is 0.252. The molecule has 8 heteroatoms. The number of rotatable bonds is 2. The van der Waals surface area contributed by atoms with Gasteiger partial charge in [0.1, 0.15) is 0 Å². The zero-order valence-corrected chi connectivity index (χ0v) is 18.4. The van der Waals surface area contributed by atoms with Crippen molar-refractivity contribution in [2.24, 2.45) is 0 Å². The molecule has 2 heterocycles. The first-order valence-corrected chi connectivity index (χ1v) is 10.3. The number of carbonyl (C=O) groups is 2. The third kappa shape index (κ3) is 7.47. The van der Waals surface area contributed by atoms with Crippen LogP contribution >= 0.6 is 0 Å². The molecule has 2 aliphatic heterocycles. The van der Waals surface area contributed by atoms with Gasteiger partial charge in [-0.1, -0.05) is 0 Å². The van der Waals surface area contributed by atoms with E-state index in [9.17, 15) is 9.59 Å². The largest absolute Gasteiger partial charge is 0.465 e. The first-order chi connectivity index (χ1) is 12.9. The van der Waals surface area contributed by atoms with Crippen LogP contribution in [-0.2, 0) is 0 Å². The fraction of sp³-hybridized carbons (Fsp3) is 0.900. The molecule has 2 amide bonds. The number of piperidine rings is 2. The Morgan fingerprint density at radius 3 is 1.25 bits per heavy atom. The summed E-state index contributed by atoms with van der Waals surface area (Å²) in [6.45, 7) is 15.2.